The van der Waals surface area contributed by atoms with Crippen LogP contribution in [0.3, 0.4) is 0 Å². The summed E-state index contributed by atoms with van der Waals surface area (Å²) in [5, 5.41) is 13.2. The van der Waals surface area contributed by atoms with Crippen LogP contribution in [-0.2, 0) is 4.79 Å². The SMILES string of the molecule is COc1ccccc1OC(C)C(=O)N/N=C/c1cccc(O)c1. The summed E-state index contributed by atoms with van der Waals surface area (Å²) in [7, 11) is 1.53. The molecule has 6 nitrogen and oxygen atoms in total. The predicted molar refractivity (Wildman–Crippen MR) is 86.9 cm³/mol. The standard InChI is InChI=1S/C17H18N2O4/c1-12(23-16-9-4-3-8-15(16)22-2)17(21)19-18-11-13-6-5-7-14(20)10-13/h3-12,20H,1-2H3,(H,19,21)/b18-11+. The zero-order valence-electron chi connectivity index (χ0n) is 12.9. The van der Waals surface area contributed by atoms with Gasteiger partial charge in [-0.25, -0.2) is 5.43 Å². The number of aromatic hydroxyl groups is 1. The lowest BCUT2D eigenvalue weighted by atomic mass is 10.2. The summed E-state index contributed by atoms with van der Waals surface area (Å²) in [4.78, 5) is 12.0. The first-order chi connectivity index (χ1) is 11.1. The molecule has 2 rings (SSSR count). The minimum absolute atomic E-state index is 0.133. The van der Waals surface area contributed by atoms with Crippen molar-refractivity contribution in [3.05, 3.63) is 54.1 Å². The molecular weight excluding hydrogens is 296 g/mol. The Morgan fingerprint density at radius 3 is 2.65 bits per heavy atom. The summed E-state index contributed by atoms with van der Waals surface area (Å²) in [6.45, 7) is 1.62. The van der Waals surface area contributed by atoms with E-state index in [1.807, 2.05) is 6.07 Å². The van der Waals surface area contributed by atoms with Gasteiger partial charge in [0.1, 0.15) is 5.75 Å². The van der Waals surface area contributed by atoms with Crippen molar-refractivity contribution in [1.29, 1.82) is 0 Å². The van der Waals surface area contributed by atoms with Crippen LogP contribution in [0.1, 0.15) is 12.5 Å². The van der Waals surface area contributed by atoms with Crippen molar-refractivity contribution >= 4 is 12.1 Å². The molecule has 1 amide bonds. The van der Waals surface area contributed by atoms with Crippen LogP contribution in [0.15, 0.2) is 53.6 Å². The maximum Gasteiger partial charge on any atom is 0.280 e. The van der Waals surface area contributed by atoms with Crippen LogP contribution in [0.25, 0.3) is 0 Å². The summed E-state index contributed by atoms with van der Waals surface area (Å²) in [6, 6.07) is 13.6. The van der Waals surface area contributed by atoms with E-state index in [2.05, 4.69) is 10.5 Å². The largest absolute Gasteiger partial charge is 0.508 e. The van der Waals surface area contributed by atoms with Gasteiger partial charge in [0.05, 0.1) is 13.3 Å². The number of carbonyl (C=O) groups excluding carboxylic acids is 1. The second-order valence-corrected chi connectivity index (χ2v) is 4.74. The number of nitrogens with one attached hydrogen (secondary N) is 1. The lowest BCUT2D eigenvalue weighted by Crippen LogP contribution is -2.33. The fourth-order valence-corrected chi connectivity index (χ4v) is 1.83. The van der Waals surface area contributed by atoms with Crippen molar-refractivity contribution in [3.8, 4) is 17.2 Å². The highest BCUT2D eigenvalue weighted by Gasteiger charge is 2.15. The average Bonchev–Trinajstić information content (AvgIpc) is 2.55. The van der Waals surface area contributed by atoms with Gasteiger partial charge in [-0.2, -0.15) is 5.10 Å². The Morgan fingerprint density at radius 2 is 1.96 bits per heavy atom. The molecule has 0 fully saturated rings. The molecule has 0 saturated carbocycles. The van der Waals surface area contributed by atoms with Crippen molar-refractivity contribution in [1.82, 2.24) is 5.43 Å². The third kappa shape index (κ3) is 4.74. The molecule has 0 saturated heterocycles. The van der Waals surface area contributed by atoms with E-state index < -0.39 is 12.0 Å². The Hall–Kier alpha value is -3.02. The Bertz CT molecular complexity index is 700. The maximum absolute atomic E-state index is 12.0. The normalized spacial score (nSPS) is 11.9. The number of para-hydroxylation sites is 2. The number of amides is 1. The topological polar surface area (TPSA) is 80.2 Å². The molecule has 0 bridgehead atoms. The number of hydrogen-bond acceptors (Lipinski definition) is 5. The van der Waals surface area contributed by atoms with Crippen molar-refractivity contribution < 1.29 is 19.4 Å². The molecule has 2 N–H and O–H groups in total. The molecule has 0 aromatic heterocycles. The molecule has 6 heteroatoms. The predicted octanol–water partition coefficient (Wildman–Crippen LogP) is 2.32. The summed E-state index contributed by atoms with van der Waals surface area (Å²) in [6.07, 6.45) is 0.695. The van der Waals surface area contributed by atoms with E-state index in [0.717, 1.165) is 0 Å². The second-order valence-electron chi connectivity index (χ2n) is 4.74. The lowest BCUT2D eigenvalue weighted by Gasteiger charge is -2.15. The molecule has 2 aromatic carbocycles. The number of rotatable bonds is 6. The molecule has 23 heavy (non-hydrogen) atoms. The first-order valence-electron chi connectivity index (χ1n) is 7.02. The van der Waals surface area contributed by atoms with E-state index in [0.29, 0.717) is 17.1 Å². The molecule has 2 aromatic rings. The summed E-state index contributed by atoms with van der Waals surface area (Å²) in [5.41, 5.74) is 3.06. The average molecular weight is 314 g/mol. The fourth-order valence-electron chi connectivity index (χ4n) is 1.83. The van der Waals surface area contributed by atoms with Gasteiger partial charge in [-0.05, 0) is 36.8 Å². The van der Waals surface area contributed by atoms with Gasteiger partial charge in [0.2, 0.25) is 0 Å². The van der Waals surface area contributed by atoms with E-state index >= 15 is 0 Å². The van der Waals surface area contributed by atoms with Crippen LogP contribution in [0, 0.1) is 0 Å². The number of phenols is 1. The van der Waals surface area contributed by atoms with Crippen molar-refractivity contribution in [2.24, 2.45) is 5.10 Å². The molecule has 1 atom stereocenters. The molecule has 0 aliphatic heterocycles. The van der Waals surface area contributed by atoms with Crippen LogP contribution < -0.4 is 14.9 Å². The lowest BCUT2D eigenvalue weighted by molar-refractivity contribution is -0.127. The van der Waals surface area contributed by atoms with Gasteiger partial charge in [-0.3, -0.25) is 4.79 Å². The van der Waals surface area contributed by atoms with E-state index in [1.165, 1.54) is 19.4 Å². The van der Waals surface area contributed by atoms with Gasteiger partial charge < -0.3 is 14.6 Å². The molecule has 0 aliphatic carbocycles. The van der Waals surface area contributed by atoms with Crippen LogP contribution >= 0.6 is 0 Å². The highest BCUT2D eigenvalue weighted by atomic mass is 16.5. The van der Waals surface area contributed by atoms with Crippen LogP contribution in [0.5, 0.6) is 17.2 Å². The minimum Gasteiger partial charge on any atom is -0.508 e. The van der Waals surface area contributed by atoms with Crippen LogP contribution in [0.2, 0.25) is 0 Å². The van der Waals surface area contributed by atoms with E-state index in [9.17, 15) is 9.90 Å². The van der Waals surface area contributed by atoms with Crippen LogP contribution in [-0.4, -0.2) is 30.4 Å². The Morgan fingerprint density at radius 1 is 1.22 bits per heavy atom. The number of phenolic OH excluding ortho intramolecular Hbond substituents is 1. The number of hydrazone groups is 1. The summed E-state index contributed by atoms with van der Waals surface area (Å²) < 4.78 is 10.7. The van der Waals surface area contributed by atoms with Gasteiger partial charge in [0.15, 0.2) is 17.6 Å². The molecule has 0 heterocycles. The molecule has 0 spiro atoms. The smallest absolute Gasteiger partial charge is 0.280 e. The highest BCUT2D eigenvalue weighted by molar-refractivity contribution is 5.84. The minimum atomic E-state index is -0.743. The van der Waals surface area contributed by atoms with Crippen molar-refractivity contribution in [2.45, 2.75) is 13.0 Å². The molecule has 1 unspecified atom stereocenters. The van der Waals surface area contributed by atoms with Gasteiger partial charge in [-0.1, -0.05) is 24.3 Å². The fraction of sp³-hybridized carbons (Fsp3) is 0.176. The number of nitrogens with zero attached hydrogens (tertiary/aromatic N) is 1. The second kappa shape index (κ2) is 7.84. The summed E-state index contributed by atoms with van der Waals surface area (Å²) in [5.74, 6) is 0.769. The van der Waals surface area contributed by atoms with E-state index in [1.54, 1.807) is 43.3 Å². The molecule has 120 valence electrons. The van der Waals surface area contributed by atoms with E-state index in [-0.39, 0.29) is 5.75 Å². The number of benzene rings is 2. The Balaban J connectivity index is 1.92. The quantitative estimate of drug-likeness (QED) is 0.633. The molecule has 0 aliphatic rings. The first-order valence-corrected chi connectivity index (χ1v) is 7.02. The Labute approximate surface area is 134 Å². The van der Waals surface area contributed by atoms with Crippen molar-refractivity contribution in [3.63, 3.8) is 0 Å². The monoisotopic (exact) mass is 314 g/mol. The summed E-state index contributed by atoms with van der Waals surface area (Å²) >= 11 is 0. The zero-order chi connectivity index (χ0) is 16.7. The first kappa shape index (κ1) is 16.4. The van der Waals surface area contributed by atoms with E-state index in [4.69, 9.17) is 9.47 Å². The third-order valence-electron chi connectivity index (χ3n) is 3.00. The highest BCUT2D eigenvalue weighted by Crippen LogP contribution is 2.26. The zero-order valence-corrected chi connectivity index (χ0v) is 12.9. The van der Waals surface area contributed by atoms with Gasteiger partial charge in [0, 0.05) is 0 Å². The number of carbonyl (C=O) groups is 1. The number of methoxy groups -OCH3 is 1. The maximum atomic E-state index is 12.0. The van der Waals surface area contributed by atoms with Crippen LogP contribution in [0.4, 0.5) is 0 Å². The molecular formula is C17H18N2O4. The van der Waals surface area contributed by atoms with Gasteiger partial charge >= 0.3 is 0 Å². The third-order valence-corrected chi connectivity index (χ3v) is 3.00. The molecule has 0 radical (unpaired) electrons. The van der Waals surface area contributed by atoms with Gasteiger partial charge in [-0.15, -0.1) is 0 Å². The number of ether oxygens (including phenoxy) is 2. The van der Waals surface area contributed by atoms with Gasteiger partial charge in [0.25, 0.3) is 5.91 Å². The Kier molecular flexibility index (Phi) is 5.57. The number of hydrogen-bond donors (Lipinski definition) is 2. The van der Waals surface area contributed by atoms with Crippen molar-refractivity contribution in [2.75, 3.05) is 7.11 Å².